The molecule has 0 atom stereocenters. The molecule has 1 heterocycles. The van der Waals surface area contributed by atoms with Crippen LogP contribution in [0.15, 0.2) is 24.3 Å². The predicted molar refractivity (Wildman–Crippen MR) is 75.0 cm³/mol. The van der Waals surface area contributed by atoms with Crippen molar-refractivity contribution in [2.75, 3.05) is 20.1 Å². The first-order chi connectivity index (χ1) is 9.06. The minimum absolute atomic E-state index is 0.161. The SMILES string of the molecule is CC(C)Oc1ccc(CN(C)C(=O)C2CNC2)cc1. The topological polar surface area (TPSA) is 41.6 Å². The van der Waals surface area contributed by atoms with Gasteiger partial charge < -0.3 is 15.0 Å². The molecule has 0 spiro atoms. The van der Waals surface area contributed by atoms with Crippen LogP contribution in [0.4, 0.5) is 0 Å². The summed E-state index contributed by atoms with van der Waals surface area (Å²) in [6.45, 7) is 6.28. The molecule has 19 heavy (non-hydrogen) atoms. The highest BCUT2D eigenvalue weighted by molar-refractivity contribution is 5.79. The van der Waals surface area contributed by atoms with Crippen LogP contribution in [0.2, 0.25) is 0 Å². The molecule has 1 saturated heterocycles. The number of hydrogen-bond donors (Lipinski definition) is 1. The molecule has 0 aromatic heterocycles. The lowest BCUT2D eigenvalue weighted by Gasteiger charge is -2.30. The maximum absolute atomic E-state index is 12.0. The Morgan fingerprint density at radius 2 is 2.00 bits per heavy atom. The van der Waals surface area contributed by atoms with E-state index in [1.54, 1.807) is 4.90 Å². The molecule has 2 rings (SSSR count). The maximum atomic E-state index is 12.0. The molecule has 0 unspecified atom stereocenters. The van der Waals surface area contributed by atoms with Crippen molar-refractivity contribution < 1.29 is 9.53 Å². The zero-order chi connectivity index (χ0) is 13.8. The summed E-state index contributed by atoms with van der Waals surface area (Å²) >= 11 is 0. The van der Waals surface area contributed by atoms with E-state index in [9.17, 15) is 4.79 Å². The van der Waals surface area contributed by atoms with Crippen molar-refractivity contribution in [3.63, 3.8) is 0 Å². The fraction of sp³-hybridized carbons (Fsp3) is 0.533. The van der Waals surface area contributed by atoms with E-state index >= 15 is 0 Å². The number of carbonyl (C=O) groups is 1. The van der Waals surface area contributed by atoms with Gasteiger partial charge in [0.25, 0.3) is 0 Å². The monoisotopic (exact) mass is 262 g/mol. The molecule has 4 heteroatoms. The fourth-order valence-electron chi connectivity index (χ4n) is 2.07. The number of amides is 1. The minimum atomic E-state index is 0.161. The van der Waals surface area contributed by atoms with Crippen LogP contribution in [0, 0.1) is 5.92 Å². The molecule has 0 bridgehead atoms. The van der Waals surface area contributed by atoms with Gasteiger partial charge in [0, 0.05) is 26.7 Å². The van der Waals surface area contributed by atoms with E-state index in [4.69, 9.17) is 4.74 Å². The van der Waals surface area contributed by atoms with Crippen LogP contribution in [-0.2, 0) is 11.3 Å². The van der Waals surface area contributed by atoms with Gasteiger partial charge in [0.2, 0.25) is 5.91 Å². The van der Waals surface area contributed by atoms with Gasteiger partial charge in [-0.05, 0) is 31.5 Å². The predicted octanol–water partition coefficient (Wildman–Crippen LogP) is 1.65. The summed E-state index contributed by atoms with van der Waals surface area (Å²) < 4.78 is 5.60. The molecule has 1 N–H and O–H groups in total. The Morgan fingerprint density at radius 3 is 2.47 bits per heavy atom. The van der Waals surface area contributed by atoms with Gasteiger partial charge in [-0.3, -0.25) is 4.79 Å². The lowest BCUT2D eigenvalue weighted by atomic mass is 10.0. The molecule has 0 aliphatic carbocycles. The van der Waals surface area contributed by atoms with E-state index in [1.807, 2.05) is 45.2 Å². The highest BCUT2D eigenvalue weighted by Gasteiger charge is 2.27. The van der Waals surface area contributed by atoms with Gasteiger partial charge in [-0.2, -0.15) is 0 Å². The Hall–Kier alpha value is -1.55. The lowest BCUT2D eigenvalue weighted by Crippen LogP contribution is -2.50. The van der Waals surface area contributed by atoms with Crippen LogP contribution < -0.4 is 10.1 Å². The molecule has 1 fully saturated rings. The van der Waals surface area contributed by atoms with Gasteiger partial charge in [-0.1, -0.05) is 12.1 Å². The lowest BCUT2D eigenvalue weighted by molar-refractivity contribution is -0.136. The van der Waals surface area contributed by atoms with Crippen LogP contribution in [0.1, 0.15) is 19.4 Å². The van der Waals surface area contributed by atoms with Crippen molar-refractivity contribution in [2.45, 2.75) is 26.5 Å². The van der Waals surface area contributed by atoms with Gasteiger partial charge >= 0.3 is 0 Å². The molecule has 1 aromatic carbocycles. The quantitative estimate of drug-likeness (QED) is 0.877. The Morgan fingerprint density at radius 1 is 1.37 bits per heavy atom. The summed E-state index contributed by atoms with van der Waals surface area (Å²) in [4.78, 5) is 13.8. The third kappa shape index (κ3) is 3.70. The van der Waals surface area contributed by atoms with E-state index in [-0.39, 0.29) is 17.9 Å². The van der Waals surface area contributed by atoms with Crippen molar-refractivity contribution >= 4 is 5.91 Å². The smallest absolute Gasteiger partial charge is 0.228 e. The average molecular weight is 262 g/mol. The summed E-state index contributed by atoms with van der Waals surface area (Å²) in [7, 11) is 1.86. The van der Waals surface area contributed by atoms with E-state index < -0.39 is 0 Å². The first kappa shape index (κ1) is 13.9. The van der Waals surface area contributed by atoms with Gasteiger partial charge in [-0.15, -0.1) is 0 Å². The maximum Gasteiger partial charge on any atom is 0.228 e. The third-order valence-corrected chi connectivity index (χ3v) is 3.22. The average Bonchev–Trinajstić information content (AvgIpc) is 2.28. The van der Waals surface area contributed by atoms with E-state index in [1.165, 1.54) is 0 Å². The van der Waals surface area contributed by atoms with Crippen molar-refractivity contribution in [1.29, 1.82) is 0 Å². The number of rotatable bonds is 5. The van der Waals surface area contributed by atoms with E-state index in [0.717, 1.165) is 24.4 Å². The van der Waals surface area contributed by atoms with Crippen molar-refractivity contribution in [3.05, 3.63) is 29.8 Å². The number of ether oxygens (including phenoxy) is 1. The minimum Gasteiger partial charge on any atom is -0.491 e. The second-order valence-electron chi connectivity index (χ2n) is 5.36. The van der Waals surface area contributed by atoms with Crippen LogP contribution in [-0.4, -0.2) is 37.0 Å². The third-order valence-electron chi connectivity index (χ3n) is 3.22. The molecule has 0 saturated carbocycles. The largest absolute Gasteiger partial charge is 0.491 e. The molecule has 104 valence electrons. The Kier molecular flexibility index (Phi) is 4.43. The Balaban J connectivity index is 1.89. The standard InChI is InChI=1S/C15H22N2O2/c1-11(2)19-14-6-4-12(5-7-14)10-17(3)15(18)13-8-16-9-13/h4-7,11,13,16H,8-10H2,1-3H3. The molecule has 4 nitrogen and oxygen atoms in total. The van der Waals surface area contributed by atoms with Crippen molar-refractivity contribution in [2.24, 2.45) is 5.92 Å². The zero-order valence-electron chi connectivity index (χ0n) is 11.8. The number of carbonyl (C=O) groups excluding carboxylic acids is 1. The van der Waals surface area contributed by atoms with Crippen molar-refractivity contribution in [3.8, 4) is 5.75 Å². The van der Waals surface area contributed by atoms with Crippen LogP contribution in [0.5, 0.6) is 5.75 Å². The molecule has 0 radical (unpaired) electrons. The van der Waals surface area contributed by atoms with Crippen LogP contribution in [0.3, 0.4) is 0 Å². The van der Waals surface area contributed by atoms with Gasteiger partial charge in [-0.25, -0.2) is 0 Å². The molecule has 1 amide bonds. The molecule has 1 aliphatic heterocycles. The number of nitrogens with one attached hydrogen (secondary N) is 1. The number of hydrogen-bond acceptors (Lipinski definition) is 3. The molecular formula is C15H22N2O2. The van der Waals surface area contributed by atoms with Crippen LogP contribution in [0.25, 0.3) is 0 Å². The first-order valence-corrected chi connectivity index (χ1v) is 6.77. The first-order valence-electron chi connectivity index (χ1n) is 6.77. The fourth-order valence-corrected chi connectivity index (χ4v) is 2.07. The molecule has 1 aliphatic rings. The molecular weight excluding hydrogens is 240 g/mol. The van der Waals surface area contributed by atoms with E-state index in [2.05, 4.69) is 5.32 Å². The second-order valence-corrected chi connectivity index (χ2v) is 5.36. The Bertz CT molecular complexity index is 424. The Labute approximate surface area is 114 Å². The van der Waals surface area contributed by atoms with Gasteiger partial charge in [0.05, 0.1) is 12.0 Å². The van der Waals surface area contributed by atoms with Gasteiger partial charge in [0.1, 0.15) is 5.75 Å². The van der Waals surface area contributed by atoms with Gasteiger partial charge in [0.15, 0.2) is 0 Å². The summed E-state index contributed by atoms with van der Waals surface area (Å²) in [6.07, 6.45) is 0.182. The van der Waals surface area contributed by atoms with E-state index in [0.29, 0.717) is 6.54 Å². The summed E-state index contributed by atoms with van der Waals surface area (Å²) in [5, 5.41) is 3.12. The van der Waals surface area contributed by atoms with Crippen LogP contribution >= 0.6 is 0 Å². The van der Waals surface area contributed by atoms with Crippen molar-refractivity contribution in [1.82, 2.24) is 10.2 Å². The number of benzene rings is 1. The zero-order valence-corrected chi connectivity index (χ0v) is 11.8. The highest BCUT2D eigenvalue weighted by atomic mass is 16.5. The molecule has 1 aromatic rings. The number of nitrogens with zero attached hydrogens (tertiary/aromatic N) is 1. The second kappa shape index (κ2) is 6.06. The normalized spacial score (nSPS) is 15.2. The summed E-state index contributed by atoms with van der Waals surface area (Å²) in [6, 6.07) is 7.94. The highest BCUT2D eigenvalue weighted by Crippen LogP contribution is 2.16. The summed E-state index contributed by atoms with van der Waals surface area (Å²) in [5.41, 5.74) is 1.12. The summed E-state index contributed by atoms with van der Waals surface area (Å²) in [5.74, 6) is 1.26.